The van der Waals surface area contributed by atoms with Crippen molar-refractivity contribution >= 4 is 15.9 Å². The highest BCUT2D eigenvalue weighted by molar-refractivity contribution is 7.89. The standard InChI is InChI=1S/C15H22FN3O3S/c1-15(2,10-17)18-23(21,22)11-5-6-12(13(16)9-11)14(20)19-7-3-4-8-19/h5-6,9,18H,3-4,7-8,10,17H2,1-2H3. The summed E-state index contributed by atoms with van der Waals surface area (Å²) in [4.78, 5) is 13.6. The highest BCUT2D eigenvalue weighted by Crippen LogP contribution is 2.20. The van der Waals surface area contributed by atoms with E-state index in [-0.39, 0.29) is 17.0 Å². The maximum absolute atomic E-state index is 14.2. The van der Waals surface area contributed by atoms with Gasteiger partial charge in [0.05, 0.1) is 10.5 Å². The van der Waals surface area contributed by atoms with Crippen LogP contribution in [0.25, 0.3) is 0 Å². The average Bonchev–Trinajstić information content (AvgIpc) is 2.99. The van der Waals surface area contributed by atoms with Crippen molar-refractivity contribution in [2.45, 2.75) is 37.1 Å². The number of hydrogen-bond acceptors (Lipinski definition) is 4. The maximum atomic E-state index is 14.2. The highest BCUT2D eigenvalue weighted by Gasteiger charge is 2.27. The smallest absolute Gasteiger partial charge is 0.256 e. The number of rotatable bonds is 5. The van der Waals surface area contributed by atoms with Gasteiger partial charge in [-0.3, -0.25) is 4.79 Å². The Labute approximate surface area is 135 Å². The molecule has 0 bridgehead atoms. The SMILES string of the molecule is CC(C)(CN)NS(=O)(=O)c1ccc(C(=O)N2CCCC2)c(F)c1. The highest BCUT2D eigenvalue weighted by atomic mass is 32.2. The number of amides is 1. The van der Waals surface area contributed by atoms with Crippen LogP contribution in [-0.4, -0.2) is 44.4 Å². The number of carbonyl (C=O) groups excluding carboxylic acids is 1. The van der Waals surface area contributed by atoms with Gasteiger partial charge < -0.3 is 10.6 Å². The topological polar surface area (TPSA) is 92.5 Å². The molecule has 128 valence electrons. The predicted molar refractivity (Wildman–Crippen MR) is 85.0 cm³/mol. The summed E-state index contributed by atoms with van der Waals surface area (Å²) in [5.74, 6) is -1.24. The van der Waals surface area contributed by atoms with Crippen LogP contribution < -0.4 is 10.5 Å². The van der Waals surface area contributed by atoms with E-state index >= 15 is 0 Å². The Morgan fingerprint density at radius 2 is 1.96 bits per heavy atom. The molecule has 0 saturated carbocycles. The van der Waals surface area contributed by atoms with Crippen LogP contribution in [0.4, 0.5) is 4.39 Å². The van der Waals surface area contributed by atoms with Crippen LogP contribution in [0, 0.1) is 5.82 Å². The fourth-order valence-electron chi connectivity index (χ4n) is 2.39. The van der Waals surface area contributed by atoms with Gasteiger partial charge in [0, 0.05) is 25.2 Å². The fourth-order valence-corrected chi connectivity index (χ4v) is 3.83. The van der Waals surface area contributed by atoms with Gasteiger partial charge in [-0.25, -0.2) is 17.5 Å². The van der Waals surface area contributed by atoms with E-state index in [0.717, 1.165) is 18.9 Å². The summed E-state index contributed by atoms with van der Waals surface area (Å²) in [5, 5.41) is 0. The number of sulfonamides is 1. The molecule has 1 saturated heterocycles. The van der Waals surface area contributed by atoms with Crippen LogP contribution >= 0.6 is 0 Å². The molecule has 1 aromatic carbocycles. The fraction of sp³-hybridized carbons (Fsp3) is 0.533. The third-order valence-corrected chi connectivity index (χ3v) is 5.49. The number of likely N-dealkylation sites (tertiary alicyclic amines) is 1. The first-order chi connectivity index (χ1) is 10.7. The third kappa shape index (κ3) is 4.07. The van der Waals surface area contributed by atoms with E-state index in [4.69, 9.17) is 5.73 Å². The lowest BCUT2D eigenvalue weighted by Crippen LogP contribution is -2.48. The molecular formula is C15H22FN3O3S. The van der Waals surface area contributed by atoms with E-state index in [2.05, 4.69) is 4.72 Å². The molecule has 1 heterocycles. The molecule has 6 nitrogen and oxygen atoms in total. The van der Waals surface area contributed by atoms with Crippen molar-refractivity contribution in [3.63, 3.8) is 0 Å². The number of carbonyl (C=O) groups is 1. The summed E-state index contributed by atoms with van der Waals surface area (Å²) in [6.07, 6.45) is 1.80. The van der Waals surface area contributed by atoms with Gasteiger partial charge in [0.1, 0.15) is 5.82 Å². The lowest BCUT2D eigenvalue weighted by Gasteiger charge is -2.24. The van der Waals surface area contributed by atoms with Crippen LogP contribution in [0.5, 0.6) is 0 Å². The zero-order valence-electron chi connectivity index (χ0n) is 13.3. The van der Waals surface area contributed by atoms with E-state index in [1.807, 2.05) is 0 Å². The van der Waals surface area contributed by atoms with Crippen LogP contribution in [0.2, 0.25) is 0 Å². The molecule has 8 heteroatoms. The summed E-state index contributed by atoms with van der Waals surface area (Å²) in [6, 6.07) is 3.33. The van der Waals surface area contributed by atoms with E-state index in [1.165, 1.54) is 12.1 Å². The van der Waals surface area contributed by atoms with E-state index in [1.54, 1.807) is 18.7 Å². The minimum atomic E-state index is -3.91. The van der Waals surface area contributed by atoms with Gasteiger partial charge in [0.25, 0.3) is 5.91 Å². The molecule has 0 aromatic heterocycles. The van der Waals surface area contributed by atoms with Crippen molar-refractivity contribution in [3.05, 3.63) is 29.6 Å². The third-order valence-electron chi connectivity index (χ3n) is 3.80. The Balaban J connectivity index is 2.26. The second kappa shape index (κ2) is 6.54. The van der Waals surface area contributed by atoms with Crippen LogP contribution in [0.1, 0.15) is 37.0 Å². The van der Waals surface area contributed by atoms with E-state index in [9.17, 15) is 17.6 Å². The first kappa shape index (κ1) is 17.8. The lowest BCUT2D eigenvalue weighted by molar-refractivity contribution is 0.0788. The van der Waals surface area contributed by atoms with Gasteiger partial charge in [-0.1, -0.05) is 0 Å². The van der Waals surface area contributed by atoms with Crippen molar-refractivity contribution in [1.82, 2.24) is 9.62 Å². The largest absolute Gasteiger partial charge is 0.339 e. The van der Waals surface area contributed by atoms with Crippen molar-refractivity contribution < 1.29 is 17.6 Å². The van der Waals surface area contributed by atoms with Crippen LogP contribution in [0.3, 0.4) is 0 Å². The molecule has 0 atom stereocenters. The molecule has 1 aliphatic heterocycles. The molecule has 23 heavy (non-hydrogen) atoms. The summed E-state index contributed by atoms with van der Waals surface area (Å²) in [5.41, 5.74) is 4.55. The molecule has 1 aromatic rings. The Morgan fingerprint density at radius 1 is 1.35 bits per heavy atom. The van der Waals surface area contributed by atoms with Crippen LogP contribution in [0.15, 0.2) is 23.1 Å². The number of nitrogens with two attached hydrogens (primary N) is 1. The Bertz CT molecular complexity index is 698. The van der Waals surface area contributed by atoms with Gasteiger partial charge in [0.15, 0.2) is 0 Å². The zero-order valence-corrected chi connectivity index (χ0v) is 14.1. The quantitative estimate of drug-likeness (QED) is 0.837. The van der Waals surface area contributed by atoms with E-state index < -0.39 is 27.3 Å². The molecule has 2 rings (SSSR count). The zero-order chi connectivity index (χ0) is 17.3. The van der Waals surface area contributed by atoms with Crippen molar-refractivity contribution in [1.29, 1.82) is 0 Å². The second-order valence-corrected chi connectivity index (χ2v) is 8.02. The summed E-state index contributed by atoms with van der Waals surface area (Å²) >= 11 is 0. The molecule has 0 unspecified atom stereocenters. The summed E-state index contributed by atoms with van der Waals surface area (Å²) in [7, 11) is -3.91. The first-order valence-corrected chi connectivity index (χ1v) is 8.97. The molecule has 1 fully saturated rings. The van der Waals surface area contributed by atoms with Gasteiger partial charge in [-0.15, -0.1) is 0 Å². The number of nitrogens with zero attached hydrogens (tertiary/aromatic N) is 1. The number of nitrogens with one attached hydrogen (secondary N) is 1. The van der Waals surface area contributed by atoms with Crippen molar-refractivity contribution in [2.24, 2.45) is 5.73 Å². The number of halogens is 1. The lowest BCUT2D eigenvalue weighted by atomic mass is 10.1. The van der Waals surface area contributed by atoms with Gasteiger partial charge >= 0.3 is 0 Å². The monoisotopic (exact) mass is 343 g/mol. The van der Waals surface area contributed by atoms with E-state index in [0.29, 0.717) is 13.1 Å². The Hall–Kier alpha value is -1.51. The van der Waals surface area contributed by atoms with Gasteiger partial charge in [-0.05, 0) is 44.9 Å². The number of benzene rings is 1. The normalized spacial score (nSPS) is 15.9. The Morgan fingerprint density at radius 3 is 2.48 bits per heavy atom. The molecule has 0 aliphatic carbocycles. The minimum absolute atomic E-state index is 0.0975. The maximum Gasteiger partial charge on any atom is 0.256 e. The minimum Gasteiger partial charge on any atom is -0.339 e. The first-order valence-electron chi connectivity index (χ1n) is 7.49. The Kier molecular flexibility index (Phi) is 5.07. The number of hydrogen-bond donors (Lipinski definition) is 2. The molecule has 3 N–H and O–H groups in total. The van der Waals surface area contributed by atoms with Gasteiger partial charge in [0.2, 0.25) is 10.0 Å². The van der Waals surface area contributed by atoms with Crippen molar-refractivity contribution in [3.8, 4) is 0 Å². The second-order valence-electron chi connectivity index (χ2n) is 6.33. The molecule has 0 spiro atoms. The molecular weight excluding hydrogens is 321 g/mol. The van der Waals surface area contributed by atoms with Crippen molar-refractivity contribution in [2.75, 3.05) is 19.6 Å². The summed E-state index contributed by atoms with van der Waals surface area (Å²) < 4.78 is 41.2. The predicted octanol–water partition coefficient (Wildman–Crippen LogP) is 1.08. The molecule has 1 aliphatic rings. The van der Waals surface area contributed by atoms with Crippen LogP contribution in [-0.2, 0) is 10.0 Å². The average molecular weight is 343 g/mol. The van der Waals surface area contributed by atoms with Gasteiger partial charge in [-0.2, -0.15) is 0 Å². The molecule has 1 amide bonds. The summed E-state index contributed by atoms with van der Waals surface area (Å²) in [6.45, 7) is 4.56. The molecule has 0 radical (unpaired) electrons.